The van der Waals surface area contributed by atoms with Crippen LogP contribution >= 0.6 is 11.3 Å². The van der Waals surface area contributed by atoms with Gasteiger partial charge in [0.1, 0.15) is 11.6 Å². The van der Waals surface area contributed by atoms with E-state index >= 15 is 0 Å². The molecule has 3 aromatic rings. The van der Waals surface area contributed by atoms with Gasteiger partial charge in [-0.2, -0.15) is 0 Å². The van der Waals surface area contributed by atoms with Crippen LogP contribution < -0.4 is 10.9 Å². The van der Waals surface area contributed by atoms with Crippen LogP contribution in [0.25, 0.3) is 10.9 Å². The van der Waals surface area contributed by atoms with E-state index in [0.717, 1.165) is 10.6 Å². The third kappa shape index (κ3) is 3.58. The Labute approximate surface area is 148 Å². The van der Waals surface area contributed by atoms with Crippen LogP contribution in [0.4, 0.5) is 5.13 Å². The van der Waals surface area contributed by atoms with Crippen LogP contribution in [-0.2, 0) is 16.8 Å². The van der Waals surface area contributed by atoms with Gasteiger partial charge in [0, 0.05) is 5.41 Å². The summed E-state index contributed by atoms with van der Waals surface area (Å²) < 4.78 is 1.29. The smallest absolute Gasteiger partial charge is 0.261 e. The van der Waals surface area contributed by atoms with E-state index in [1.165, 1.54) is 22.2 Å². The fourth-order valence-electron chi connectivity index (χ4n) is 2.34. The molecule has 25 heavy (non-hydrogen) atoms. The Bertz CT molecular complexity index is 1000. The second-order valence-corrected chi connectivity index (χ2v) is 7.84. The first-order chi connectivity index (χ1) is 11.8. The molecule has 0 atom stereocenters. The molecule has 1 N–H and O–H groups in total. The molecule has 0 aliphatic rings. The van der Waals surface area contributed by atoms with Gasteiger partial charge in [-0.15, -0.1) is 10.2 Å². The summed E-state index contributed by atoms with van der Waals surface area (Å²) in [6.07, 6.45) is 1.40. The molecule has 0 aliphatic heterocycles. The fraction of sp³-hybridized carbons (Fsp3) is 0.353. The summed E-state index contributed by atoms with van der Waals surface area (Å²) in [6.45, 7) is 7.86. The van der Waals surface area contributed by atoms with E-state index in [9.17, 15) is 9.59 Å². The second-order valence-electron chi connectivity index (χ2n) is 6.86. The molecular weight excluding hydrogens is 338 g/mol. The molecule has 0 spiro atoms. The number of carbonyl (C=O) groups excluding carboxylic acids is 1. The number of amides is 1. The average molecular weight is 357 g/mol. The van der Waals surface area contributed by atoms with Crippen LogP contribution in [0.3, 0.4) is 0 Å². The Hall–Kier alpha value is -2.61. The van der Waals surface area contributed by atoms with Gasteiger partial charge in [-0.3, -0.25) is 19.5 Å². The topological polar surface area (TPSA) is 89.8 Å². The summed E-state index contributed by atoms with van der Waals surface area (Å²) in [5.41, 5.74) is 1.21. The first-order valence-corrected chi connectivity index (χ1v) is 8.66. The molecule has 1 aromatic carbocycles. The molecule has 0 saturated carbocycles. The van der Waals surface area contributed by atoms with Crippen LogP contribution in [0.5, 0.6) is 0 Å². The van der Waals surface area contributed by atoms with E-state index in [2.05, 4.69) is 20.5 Å². The van der Waals surface area contributed by atoms with Crippen LogP contribution in [0.2, 0.25) is 0 Å². The standard InChI is InChI=1S/C17H19N5O2S/c1-10-6-5-7-11-13(10)18-9-22(14(11)24)8-12(23)19-16-21-20-15(25-16)17(2,3)4/h5-7,9H,8H2,1-4H3,(H,19,21,23). The number of nitrogens with one attached hydrogen (secondary N) is 1. The average Bonchev–Trinajstić information content (AvgIpc) is 2.99. The number of fused-ring (bicyclic) bond motifs is 1. The quantitative estimate of drug-likeness (QED) is 0.778. The molecule has 2 aromatic heterocycles. The Morgan fingerprint density at radius 3 is 2.72 bits per heavy atom. The largest absolute Gasteiger partial charge is 0.299 e. The first-order valence-electron chi connectivity index (χ1n) is 7.84. The van der Waals surface area contributed by atoms with Gasteiger partial charge < -0.3 is 0 Å². The number of nitrogens with zero attached hydrogens (tertiary/aromatic N) is 4. The van der Waals surface area contributed by atoms with Gasteiger partial charge in [0.2, 0.25) is 11.0 Å². The summed E-state index contributed by atoms with van der Waals surface area (Å²) in [5.74, 6) is -0.340. The molecule has 1 amide bonds. The number of anilines is 1. The van der Waals surface area contributed by atoms with Gasteiger partial charge in [0.05, 0.1) is 17.2 Å². The van der Waals surface area contributed by atoms with Crippen molar-refractivity contribution in [3.05, 3.63) is 45.5 Å². The lowest BCUT2D eigenvalue weighted by Gasteiger charge is -2.12. The number of hydrogen-bond acceptors (Lipinski definition) is 6. The SMILES string of the molecule is Cc1cccc2c(=O)n(CC(=O)Nc3nnc(C(C)(C)C)s3)cnc12. The Kier molecular flexibility index (Phi) is 4.38. The minimum Gasteiger partial charge on any atom is -0.299 e. The highest BCUT2D eigenvalue weighted by Crippen LogP contribution is 2.27. The lowest BCUT2D eigenvalue weighted by atomic mass is 9.98. The van der Waals surface area contributed by atoms with E-state index in [4.69, 9.17) is 0 Å². The third-order valence-electron chi connectivity index (χ3n) is 3.68. The Morgan fingerprint density at radius 2 is 2.04 bits per heavy atom. The highest BCUT2D eigenvalue weighted by molar-refractivity contribution is 7.15. The molecular formula is C17H19N5O2S. The number of hydrogen-bond donors (Lipinski definition) is 1. The highest BCUT2D eigenvalue weighted by atomic mass is 32.1. The Balaban J connectivity index is 1.79. The van der Waals surface area contributed by atoms with Crippen molar-refractivity contribution in [3.63, 3.8) is 0 Å². The molecule has 0 fully saturated rings. The Morgan fingerprint density at radius 1 is 1.28 bits per heavy atom. The maximum atomic E-state index is 12.5. The lowest BCUT2D eigenvalue weighted by Crippen LogP contribution is -2.28. The number of carbonyl (C=O) groups is 1. The van der Waals surface area contributed by atoms with Crippen molar-refractivity contribution in [2.24, 2.45) is 0 Å². The lowest BCUT2D eigenvalue weighted by molar-refractivity contribution is -0.116. The van der Waals surface area contributed by atoms with Crippen molar-refractivity contribution in [3.8, 4) is 0 Å². The molecule has 0 bridgehead atoms. The van der Waals surface area contributed by atoms with E-state index < -0.39 is 0 Å². The van der Waals surface area contributed by atoms with Crippen LogP contribution in [0.1, 0.15) is 31.3 Å². The van der Waals surface area contributed by atoms with Gasteiger partial charge in [-0.05, 0) is 18.6 Å². The third-order valence-corrected chi connectivity index (χ3v) is 4.95. The van der Waals surface area contributed by atoms with Crippen molar-refractivity contribution < 1.29 is 4.79 Å². The zero-order chi connectivity index (χ0) is 18.2. The molecule has 2 heterocycles. The van der Waals surface area contributed by atoms with Gasteiger partial charge in [0.15, 0.2) is 0 Å². The van der Waals surface area contributed by atoms with Crippen molar-refractivity contribution >= 4 is 33.3 Å². The van der Waals surface area contributed by atoms with E-state index in [0.29, 0.717) is 16.0 Å². The monoisotopic (exact) mass is 357 g/mol. The molecule has 7 nitrogen and oxygen atoms in total. The van der Waals surface area contributed by atoms with E-state index in [-0.39, 0.29) is 23.4 Å². The van der Waals surface area contributed by atoms with Crippen molar-refractivity contribution in [1.29, 1.82) is 0 Å². The molecule has 8 heteroatoms. The van der Waals surface area contributed by atoms with Crippen molar-refractivity contribution in [2.75, 3.05) is 5.32 Å². The van der Waals surface area contributed by atoms with Gasteiger partial charge in [0.25, 0.3) is 5.56 Å². The zero-order valence-electron chi connectivity index (χ0n) is 14.5. The van der Waals surface area contributed by atoms with Crippen LogP contribution in [-0.4, -0.2) is 25.7 Å². The number of aromatic nitrogens is 4. The van der Waals surface area contributed by atoms with Crippen LogP contribution in [0, 0.1) is 6.92 Å². The second kappa shape index (κ2) is 6.36. The summed E-state index contributed by atoms with van der Waals surface area (Å²) in [6, 6.07) is 5.42. The minimum atomic E-state index is -0.340. The zero-order valence-corrected chi connectivity index (χ0v) is 15.3. The number of aryl methyl sites for hydroxylation is 1. The molecule has 130 valence electrons. The molecule has 3 rings (SSSR count). The molecule has 0 saturated heterocycles. The van der Waals surface area contributed by atoms with Gasteiger partial charge in [-0.1, -0.05) is 44.2 Å². The van der Waals surface area contributed by atoms with E-state index in [1.54, 1.807) is 12.1 Å². The fourth-order valence-corrected chi connectivity index (χ4v) is 3.16. The van der Waals surface area contributed by atoms with Crippen molar-refractivity contribution in [2.45, 2.75) is 39.7 Å². The van der Waals surface area contributed by atoms with Crippen molar-refractivity contribution in [1.82, 2.24) is 19.7 Å². The highest BCUT2D eigenvalue weighted by Gasteiger charge is 2.20. The first kappa shape index (κ1) is 17.2. The van der Waals surface area contributed by atoms with E-state index in [1.807, 2.05) is 33.8 Å². The molecule has 0 radical (unpaired) electrons. The maximum Gasteiger partial charge on any atom is 0.261 e. The molecule has 0 aliphatic carbocycles. The normalized spacial score (nSPS) is 11.7. The number of benzene rings is 1. The van der Waals surface area contributed by atoms with Gasteiger partial charge >= 0.3 is 0 Å². The van der Waals surface area contributed by atoms with Crippen LogP contribution in [0.15, 0.2) is 29.3 Å². The predicted molar refractivity (Wildman–Crippen MR) is 98.0 cm³/mol. The number of rotatable bonds is 3. The summed E-state index contributed by atoms with van der Waals surface area (Å²) in [4.78, 5) is 29.1. The number of para-hydroxylation sites is 1. The summed E-state index contributed by atoms with van der Waals surface area (Å²) in [7, 11) is 0. The summed E-state index contributed by atoms with van der Waals surface area (Å²) in [5, 5.41) is 12.5. The van der Waals surface area contributed by atoms with Gasteiger partial charge in [-0.25, -0.2) is 4.98 Å². The maximum absolute atomic E-state index is 12.5. The predicted octanol–water partition coefficient (Wildman–Crippen LogP) is 2.49. The summed E-state index contributed by atoms with van der Waals surface area (Å²) >= 11 is 1.33. The molecule has 0 unspecified atom stereocenters. The minimum absolute atomic E-state index is 0.125.